The van der Waals surface area contributed by atoms with Crippen molar-refractivity contribution in [1.29, 1.82) is 0 Å². The van der Waals surface area contributed by atoms with Crippen molar-refractivity contribution in [3.8, 4) is 0 Å². The summed E-state index contributed by atoms with van der Waals surface area (Å²) in [6, 6.07) is 5.94. The Labute approximate surface area is 170 Å². The van der Waals surface area contributed by atoms with Gasteiger partial charge in [-0.2, -0.15) is 13.2 Å². The summed E-state index contributed by atoms with van der Waals surface area (Å²) in [5, 5.41) is 4.91. The van der Waals surface area contributed by atoms with Gasteiger partial charge in [-0.3, -0.25) is 4.90 Å². The fourth-order valence-corrected chi connectivity index (χ4v) is 4.33. The van der Waals surface area contributed by atoms with Crippen molar-refractivity contribution < 1.29 is 30.4 Å². The van der Waals surface area contributed by atoms with Gasteiger partial charge >= 0.3 is 6.18 Å². The SMILES string of the molecule is CC(c1ccc(F)cc1F)N1CCN(c2ccc(S(N)(=O)=O)c(C(F)(F)F)c2)CC1. The molecule has 1 heterocycles. The first-order valence-electron chi connectivity index (χ1n) is 9.06. The zero-order chi connectivity index (χ0) is 22.3. The van der Waals surface area contributed by atoms with Crippen molar-refractivity contribution >= 4 is 15.7 Å². The molecule has 0 aliphatic carbocycles. The molecule has 164 valence electrons. The van der Waals surface area contributed by atoms with Gasteiger partial charge in [0.15, 0.2) is 0 Å². The van der Waals surface area contributed by atoms with E-state index in [-0.39, 0.29) is 11.7 Å². The molecule has 30 heavy (non-hydrogen) atoms. The van der Waals surface area contributed by atoms with Crippen LogP contribution in [0, 0.1) is 11.6 Å². The Morgan fingerprint density at radius 2 is 1.63 bits per heavy atom. The number of halogens is 5. The topological polar surface area (TPSA) is 66.6 Å². The van der Waals surface area contributed by atoms with Crippen LogP contribution in [-0.2, 0) is 16.2 Å². The molecule has 0 amide bonds. The summed E-state index contributed by atoms with van der Waals surface area (Å²) in [6.45, 7) is 3.32. The zero-order valence-corrected chi connectivity index (χ0v) is 16.8. The third kappa shape index (κ3) is 4.73. The van der Waals surface area contributed by atoms with Crippen LogP contribution in [0.1, 0.15) is 24.1 Å². The second-order valence-electron chi connectivity index (χ2n) is 7.09. The van der Waals surface area contributed by atoms with Gasteiger partial charge in [-0.1, -0.05) is 6.07 Å². The molecule has 1 aliphatic rings. The summed E-state index contributed by atoms with van der Waals surface area (Å²) in [7, 11) is -4.53. The lowest BCUT2D eigenvalue weighted by molar-refractivity contribution is -0.139. The number of piperazine rings is 1. The molecule has 0 saturated carbocycles. The average molecular weight is 449 g/mol. The molecule has 0 radical (unpaired) electrons. The van der Waals surface area contributed by atoms with Gasteiger partial charge < -0.3 is 4.90 Å². The summed E-state index contributed by atoms with van der Waals surface area (Å²) in [5.41, 5.74) is -0.761. The quantitative estimate of drug-likeness (QED) is 0.726. The maximum Gasteiger partial charge on any atom is 0.417 e. The van der Waals surface area contributed by atoms with Crippen LogP contribution in [0.5, 0.6) is 0 Å². The number of benzene rings is 2. The van der Waals surface area contributed by atoms with Crippen LogP contribution in [0.3, 0.4) is 0 Å². The number of rotatable bonds is 4. The molecule has 5 nitrogen and oxygen atoms in total. The van der Waals surface area contributed by atoms with Crippen LogP contribution in [0.4, 0.5) is 27.6 Å². The van der Waals surface area contributed by atoms with E-state index >= 15 is 0 Å². The Kier molecular flexibility index (Phi) is 6.08. The van der Waals surface area contributed by atoms with Crippen molar-refractivity contribution in [2.75, 3.05) is 31.1 Å². The number of alkyl halides is 3. The van der Waals surface area contributed by atoms with Crippen LogP contribution in [0.2, 0.25) is 0 Å². The van der Waals surface area contributed by atoms with Gasteiger partial charge in [-0.25, -0.2) is 22.3 Å². The standard InChI is InChI=1S/C19H20F5N3O2S/c1-12(15-4-2-13(20)10-17(15)21)26-6-8-27(9-7-26)14-3-5-18(30(25,28)29)16(11-14)19(22,23)24/h2-5,10-12H,6-9H2,1H3,(H2,25,28,29). The first-order chi connectivity index (χ1) is 13.9. The van der Waals surface area contributed by atoms with Gasteiger partial charge in [0, 0.05) is 49.5 Å². The highest BCUT2D eigenvalue weighted by molar-refractivity contribution is 7.89. The van der Waals surface area contributed by atoms with Gasteiger partial charge in [0.1, 0.15) is 11.6 Å². The molecule has 0 aromatic heterocycles. The molecule has 11 heteroatoms. The van der Waals surface area contributed by atoms with E-state index in [1.165, 1.54) is 18.2 Å². The molecule has 0 bridgehead atoms. The van der Waals surface area contributed by atoms with Gasteiger partial charge in [-0.15, -0.1) is 0 Å². The predicted molar refractivity (Wildman–Crippen MR) is 101 cm³/mol. The first kappa shape index (κ1) is 22.4. The van der Waals surface area contributed by atoms with E-state index in [4.69, 9.17) is 5.14 Å². The van der Waals surface area contributed by atoms with E-state index in [9.17, 15) is 30.4 Å². The molecule has 3 rings (SSSR count). The molecule has 1 unspecified atom stereocenters. The maximum absolute atomic E-state index is 14.0. The molecule has 2 aromatic carbocycles. The minimum atomic E-state index is -4.88. The molecule has 1 saturated heterocycles. The summed E-state index contributed by atoms with van der Waals surface area (Å²) in [5.74, 6) is -1.32. The van der Waals surface area contributed by atoms with Gasteiger partial charge in [0.2, 0.25) is 10.0 Å². The monoisotopic (exact) mass is 449 g/mol. The Hall–Kier alpha value is -2.24. The molecular formula is C19H20F5N3O2S. The number of nitrogens with two attached hydrogens (primary N) is 1. The van der Waals surface area contributed by atoms with Crippen LogP contribution >= 0.6 is 0 Å². The highest BCUT2D eigenvalue weighted by Crippen LogP contribution is 2.36. The smallest absolute Gasteiger partial charge is 0.369 e. The number of anilines is 1. The third-order valence-electron chi connectivity index (χ3n) is 5.21. The molecule has 0 spiro atoms. The summed E-state index contributed by atoms with van der Waals surface area (Å²) in [4.78, 5) is 2.65. The lowest BCUT2D eigenvalue weighted by Crippen LogP contribution is -2.47. The summed E-state index contributed by atoms with van der Waals surface area (Å²) < 4.78 is 90.2. The van der Waals surface area contributed by atoms with E-state index in [1.54, 1.807) is 11.8 Å². The van der Waals surface area contributed by atoms with Crippen LogP contribution in [0.15, 0.2) is 41.3 Å². The fourth-order valence-electron chi connectivity index (χ4n) is 3.59. The van der Waals surface area contributed by atoms with Crippen molar-refractivity contribution in [2.24, 2.45) is 5.14 Å². The van der Waals surface area contributed by atoms with Gasteiger partial charge in [0.25, 0.3) is 0 Å². The third-order valence-corrected chi connectivity index (χ3v) is 6.18. The van der Waals surface area contributed by atoms with Crippen LogP contribution in [-0.4, -0.2) is 39.5 Å². The van der Waals surface area contributed by atoms with Crippen molar-refractivity contribution in [3.05, 3.63) is 59.2 Å². The summed E-state index contributed by atoms with van der Waals surface area (Å²) in [6.07, 6.45) is -4.88. The fraction of sp³-hybridized carbons (Fsp3) is 0.368. The van der Waals surface area contributed by atoms with E-state index in [2.05, 4.69) is 0 Å². The average Bonchev–Trinajstić information content (AvgIpc) is 2.66. The molecular weight excluding hydrogens is 429 g/mol. The van der Waals surface area contributed by atoms with Gasteiger partial charge in [-0.05, 0) is 31.2 Å². The first-order valence-corrected chi connectivity index (χ1v) is 10.6. The lowest BCUT2D eigenvalue weighted by Gasteiger charge is -2.39. The largest absolute Gasteiger partial charge is 0.417 e. The minimum absolute atomic E-state index is 0.218. The van der Waals surface area contributed by atoms with E-state index in [0.29, 0.717) is 31.7 Å². The Bertz CT molecular complexity index is 1030. The molecule has 2 N–H and O–H groups in total. The lowest BCUT2D eigenvalue weighted by atomic mass is 10.0. The predicted octanol–water partition coefficient (Wildman–Crippen LogP) is 3.51. The molecule has 1 fully saturated rings. The Morgan fingerprint density at radius 1 is 1.00 bits per heavy atom. The van der Waals surface area contributed by atoms with Crippen molar-refractivity contribution in [2.45, 2.75) is 24.0 Å². The minimum Gasteiger partial charge on any atom is -0.369 e. The number of nitrogens with zero attached hydrogens (tertiary/aromatic N) is 2. The molecule has 1 aliphatic heterocycles. The highest BCUT2D eigenvalue weighted by Gasteiger charge is 2.37. The van der Waals surface area contributed by atoms with E-state index in [0.717, 1.165) is 18.2 Å². The second-order valence-corrected chi connectivity index (χ2v) is 8.62. The number of hydrogen-bond acceptors (Lipinski definition) is 4. The Morgan fingerprint density at radius 3 is 2.17 bits per heavy atom. The maximum atomic E-state index is 14.0. The van der Waals surface area contributed by atoms with Crippen LogP contribution in [0.25, 0.3) is 0 Å². The van der Waals surface area contributed by atoms with E-state index < -0.39 is 38.3 Å². The normalized spacial score (nSPS) is 17.2. The van der Waals surface area contributed by atoms with Crippen molar-refractivity contribution in [3.63, 3.8) is 0 Å². The summed E-state index contributed by atoms with van der Waals surface area (Å²) >= 11 is 0. The van der Waals surface area contributed by atoms with Crippen molar-refractivity contribution in [1.82, 2.24) is 4.90 Å². The number of sulfonamides is 1. The van der Waals surface area contributed by atoms with E-state index in [1.807, 2.05) is 4.90 Å². The molecule has 1 atom stereocenters. The second kappa shape index (κ2) is 8.12. The zero-order valence-electron chi connectivity index (χ0n) is 16.0. The molecule has 2 aromatic rings. The van der Waals surface area contributed by atoms with Gasteiger partial charge in [0.05, 0.1) is 10.5 Å². The number of primary sulfonamides is 1. The number of hydrogen-bond donors (Lipinski definition) is 1. The highest BCUT2D eigenvalue weighted by atomic mass is 32.2. The van der Waals surface area contributed by atoms with Crippen LogP contribution < -0.4 is 10.0 Å². The Balaban J connectivity index is 1.78.